The summed E-state index contributed by atoms with van der Waals surface area (Å²) in [5.41, 5.74) is 1.28. The predicted molar refractivity (Wildman–Crippen MR) is 77.7 cm³/mol. The fourth-order valence-electron chi connectivity index (χ4n) is 1.82. The molecule has 19 heavy (non-hydrogen) atoms. The fraction of sp³-hybridized carbons (Fsp3) is 0.538. The van der Waals surface area contributed by atoms with Crippen molar-refractivity contribution in [3.05, 3.63) is 29.8 Å². The summed E-state index contributed by atoms with van der Waals surface area (Å²) in [5.74, 6) is 0. The monoisotopic (exact) mass is 286 g/mol. The minimum absolute atomic E-state index is 0.501. The first-order valence-electron chi connectivity index (χ1n) is 6.34. The van der Waals surface area contributed by atoms with Gasteiger partial charge in [-0.05, 0) is 30.8 Å². The summed E-state index contributed by atoms with van der Waals surface area (Å²) in [7, 11) is -3.26. The number of likely N-dealkylation sites (N-methyl/N-ethyl adjacent to an activating group) is 1. The van der Waals surface area contributed by atoms with Crippen molar-refractivity contribution >= 4 is 15.7 Å². The molecule has 0 heterocycles. The highest BCUT2D eigenvalue weighted by Crippen LogP contribution is 2.18. The highest BCUT2D eigenvalue weighted by atomic mass is 32.2. The molecule has 2 N–H and O–H groups in total. The van der Waals surface area contributed by atoms with Crippen molar-refractivity contribution < 1.29 is 13.5 Å². The van der Waals surface area contributed by atoms with Gasteiger partial charge in [0, 0.05) is 12.2 Å². The number of aliphatic hydroxyl groups is 1. The third kappa shape index (κ3) is 5.59. The van der Waals surface area contributed by atoms with Crippen LogP contribution in [0.4, 0.5) is 5.69 Å². The van der Waals surface area contributed by atoms with Crippen molar-refractivity contribution in [2.75, 3.05) is 30.6 Å². The number of rotatable bonds is 7. The van der Waals surface area contributed by atoms with Crippen LogP contribution in [0.2, 0.25) is 0 Å². The average molecular weight is 286 g/mol. The van der Waals surface area contributed by atoms with Gasteiger partial charge in [0.25, 0.3) is 0 Å². The Morgan fingerprint density at radius 3 is 2.16 bits per heavy atom. The van der Waals surface area contributed by atoms with E-state index < -0.39 is 16.1 Å². The van der Waals surface area contributed by atoms with Crippen molar-refractivity contribution in [2.24, 2.45) is 0 Å². The van der Waals surface area contributed by atoms with E-state index in [9.17, 15) is 13.5 Å². The maximum absolute atomic E-state index is 11.1. The lowest BCUT2D eigenvalue weighted by Gasteiger charge is -2.22. The SMILES string of the molecule is CCN(CC)C[C@H](O)c1ccc(NS(C)(=O)=O)cc1. The number of aliphatic hydroxyl groups excluding tert-OH is 1. The summed E-state index contributed by atoms with van der Waals surface area (Å²) in [6.07, 6.45) is 0.544. The Hall–Kier alpha value is -1.11. The van der Waals surface area contributed by atoms with Gasteiger partial charge < -0.3 is 10.0 Å². The maximum atomic E-state index is 11.1. The van der Waals surface area contributed by atoms with E-state index in [0.717, 1.165) is 24.9 Å². The summed E-state index contributed by atoms with van der Waals surface area (Å²) in [6, 6.07) is 6.78. The molecule has 0 amide bonds. The zero-order chi connectivity index (χ0) is 14.5. The first-order chi connectivity index (χ1) is 8.85. The molecule has 0 aliphatic carbocycles. The molecule has 0 aliphatic rings. The summed E-state index contributed by atoms with van der Waals surface area (Å²) < 4.78 is 24.5. The smallest absolute Gasteiger partial charge is 0.229 e. The zero-order valence-corrected chi connectivity index (χ0v) is 12.4. The Labute approximate surface area is 115 Å². The van der Waals surface area contributed by atoms with Crippen molar-refractivity contribution in [2.45, 2.75) is 20.0 Å². The van der Waals surface area contributed by atoms with E-state index >= 15 is 0 Å². The first kappa shape index (κ1) is 15.9. The molecule has 0 fully saturated rings. The van der Waals surface area contributed by atoms with E-state index in [2.05, 4.69) is 23.5 Å². The van der Waals surface area contributed by atoms with Gasteiger partial charge in [-0.25, -0.2) is 8.42 Å². The molecular formula is C13H22N2O3S. The second-order valence-electron chi connectivity index (χ2n) is 4.50. The number of nitrogens with one attached hydrogen (secondary N) is 1. The zero-order valence-electron chi connectivity index (χ0n) is 11.6. The van der Waals surface area contributed by atoms with Crippen LogP contribution in [0, 0.1) is 0 Å². The fourth-order valence-corrected chi connectivity index (χ4v) is 2.38. The number of hydrogen-bond acceptors (Lipinski definition) is 4. The molecule has 0 aliphatic heterocycles. The predicted octanol–water partition coefficient (Wildman–Crippen LogP) is 1.43. The van der Waals surface area contributed by atoms with Crippen molar-refractivity contribution in [1.82, 2.24) is 4.90 Å². The van der Waals surface area contributed by atoms with Crippen LogP contribution in [0.3, 0.4) is 0 Å². The van der Waals surface area contributed by atoms with Crippen LogP contribution in [0.25, 0.3) is 0 Å². The van der Waals surface area contributed by atoms with E-state index in [0.29, 0.717) is 12.2 Å². The lowest BCUT2D eigenvalue weighted by molar-refractivity contribution is 0.119. The van der Waals surface area contributed by atoms with E-state index in [1.54, 1.807) is 24.3 Å². The van der Waals surface area contributed by atoms with E-state index in [-0.39, 0.29) is 0 Å². The van der Waals surface area contributed by atoms with Crippen molar-refractivity contribution in [3.63, 3.8) is 0 Å². The Balaban J connectivity index is 2.70. The second kappa shape index (κ2) is 6.88. The van der Waals surface area contributed by atoms with Gasteiger partial charge in [-0.2, -0.15) is 0 Å². The Kier molecular flexibility index (Phi) is 5.78. The molecule has 1 aromatic carbocycles. The summed E-state index contributed by atoms with van der Waals surface area (Å²) in [4.78, 5) is 2.13. The normalized spacial score (nSPS) is 13.5. The van der Waals surface area contributed by atoms with Gasteiger partial charge in [-0.1, -0.05) is 26.0 Å². The lowest BCUT2D eigenvalue weighted by Crippen LogP contribution is -2.28. The van der Waals surface area contributed by atoms with Crippen LogP contribution in [-0.2, 0) is 10.0 Å². The molecule has 5 nitrogen and oxygen atoms in total. The Bertz CT molecular complexity index is 481. The number of benzene rings is 1. The van der Waals surface area contributed by atoms with Gasteiger partial charge in [0.15, 0.2) is 0 Å². The number of sulfonamides is 1. The van der Waals surface area contributed by atoms with Crippen LogP contribution >= 0.6 is 0 Å². The molecule has 0 aromatic heterocycles. The van der Waals surface area contributed by atoms with Gasteiger partial charge in [0.1, 0.15) is 0 Å². The minimum Gasteiger partial charge on any atom is -0.387 e. The topological polar surface area (TPSA) is 69.6 Å². The molecule has 0 unspecified atom stereocenters. The van der Waals surface area contributed by atoms with E-state index in [4.69, 9.17) is 0 Å². The molecule has 6 heteroatoms. The molecule has 1 atom stereocenters. The molecule has 1 rings (SSSR count). The van der Waals surface area contributed by atoms with Crippen LogP contribution in [0.15, 0.2) is 24.3 Å². The van der Waals surface area contributed by atoms with Gasteiger partial charge in [0.2, 0.25) is 10.0 Å². The maximum Gasteiger partial charge on any atom is 0.229 e. The number of hydrogen-bond donors (Lipinski definition) is 2. The molecule has 0 saturated carbocycles. The van der Waals surface area contributed by atoms with Crippen molar-refractivity contribution in [1.29, 1.82) is 0 Å². The molecule has 0 spiro atoms. The van der Waals surface area contributed by atoms with Crippen molar-refractivity contribution in [3.8, 4) is 0 Å². The van der Waals surface area contributed by atoms with Crippen LogP contribution in [0.1, 0.15) is 25.5 Å². The Morgan fingerprint density at radius 1 is 1.21 bits per heavy atom. The standard InChI is InChI=1S/C13H22N2O3S/c1-4-15(5-2)10-13(16)11-6-8-12(9-7-11)14-19(3,17)18/h6-9,13-14,16H,4-5,10H2,1-3H3/t13-/m0/s1. The molecule has 0 saturated heterocycles. The van der Waals surface area contributed by atoms with Gasteiger partial charge in [-0.15, -0.1) is 0 Å². The highest BCUT2D eigenvalue weighted by molar-refractivity contribution is 7.92. The van der Waals surface area contributed by atoms with E-state index in [1.165, 1.54) is 0 Å². The molecule has 1 aromatic rings. The third-order valence-electron chi connectivity index (χ3n) is 2.92. The molecule has 0 radical (unpaired) electrons. The van der Waals surface area contributed by atoms with Crippen LogP contribution < -0.4 is 4.72 Å². The number of anilines is 1. The Morgan fingerprint density at radius 2 is 1.74 bits per heavy atom. The molecule has 108 valence electrons. The summed E-state index contributed by atoms with van der Waals surface area (Å²) >= 11 is 0. The van der Waals surface area contributed by atoms with E-state index in [1.807, 2.05) is 0 Å². The van der Waals surface area contributed by atoms with Crippen LogP contribution in [-0.4, -0.2) is 44.3 Å². The summed E-state index contributed by atoms with van der Waals surface area (Å²) in [5, 5.41) is 10.1. The first-order valence-corrected chi connectivity index (χ1v) is 8.23. The van der Waals surface area contributed by atoms with Gasteiger partial charge in [0.05, 0.1) is 12.4 Å². The molecular weight excluding hydrogens is 264 g/mol. The van der Waals surface area contributed by atoms with Crippen LogP contribution in [0.5, 0.6) is 0 Å². The number of nitrogens with zero attached hydrogens (tertiary/aromatic N) is 1. The average Bonchev–Trinajstić information content (AvgIpc) is 2.34. The van der Waals surface area contributed by atoms with Gasteiger partial charge in [-0.3, -0.25) is 4.72 Å². The highest BCUT2D eigenvalue weighted by Gasteiger charge is 2.11. The summed E-state index contributed by atoms with van der Waals surface area (Å²) in [6.45, 7) is 6.46. The lowest BCUT2D eigenvalue weighted by atomic mass is 10.1. The quantitative estimate of drug-likeness (QED) is 0.795. The largest absolute Gasteiger partial charge is 0.387 e. The van der Waals surface area contributed by atoms with Gasteiger partial charge >= 0.3 is 0 Å². The third-order valence-corrected chi connectivity index (χ3v) is 3.53. The molecule has 0 bridgehead atoms. The second-order valence-corrected chi connectivity index (χ2v) is 6.25. The minimum atomic E-state index is -3.26.